The molecule has 0 bridgehead atoms. The fourth-order valence-electron chi connectivity index (χ4n) is 4.01. The highest BCUT2D eigenvalue weighted by atomic mass is 16.5. The van der Waals surface area contributed by atoms with Crippen LogP contribution in [0.3, 0.4) is 0 Å². The minimum Gasteiger partial charge on any atom is -0.377 e. The minimum absolute atomic E-state index is 0.0447. The van der Waals surface area contributed by atoms with Crippen LogP contribution in [0.4, 0.5) is 0 Å². The first-order chi connectivity index (χ1) is 10.2. The first kappa shape index (κ1) is 16.5. The van der Waals surface area contributed by atoms with Crippen molar-refractivity contribution in [1.82, 2.24) is 5.32 Å². The summed E-state index contributed by atoms with van der Waals surface area (Å²) in [5, 5.41) is 3.55. The molecule has 1 fully saturated rings. The Kier molecular flexibility index (Phi) is 6.25. The third-order valence-corrected chi connectivity index (χ3v) is 5.18. The molecule has 3 atom stereocenters. The molecule has 2 nitrogen and oxygen atoms in total. The van der Waals surface area contributed by atoms with Crippen molar-refractivity contribution in [3.8, 4) is 0 Å². The molecular weight excluding hydrogens is 258 g/mol. The van der Waals surface area contributed by atoms with Gasteiger partial charge in [-0.1, -0.05) is 50.1 Å². The third-order valence-electron chi connectivity index (χ3n) is 5.18. The first-order valence-corrected chi connectivity index (χ1v) is 8.46. The molecule has 118 valence electrons. The molecule has 1 aromatic carbocycles. The van der Waals surface area contributed by atoms with Crippen LogP contribution in [-0.4, -0.2) is 25.8 Å². The molecule has 0 saturated heterocycles. The van der Waals surface area contributed by atoms with Gasteiger partial charge >= 0.3 is 0 Å². The maximum atomic E-state index is 6.04. The Morgan fingerprint density at radius 2 is 2.10 bits per heavy atom. The predicted octanol–water partition coefficient (Wildman–Crippen LogP) is 4.19. The Bertz CT molecular complexity index is 405. The molecule has 0 aromatic heterocycles. The van der Waals surface area contributed by atoms with Crippen LogP contribution in [-0.2, 0) is 11.2 Å². The third kappa shape index (κ3) is 4.31. The SMILES string of the molecule is CNC(CCCc1ccccc1)C1(OC)CCCC(C)C1. The molecule has 1 saturated carbocycles. The smallest absolute Gasteiger partial charge is 0.0833 e. The van der Waals surface area contributed by atoms with E-state index in [4.69, 9.17) is 4.74 Å². The maximum absolute atomic E-state index is 6.04. The summed E-state index contributed by atoms with van der Waals surface area (Å²) in [6, 6.07) is 11.3. The summed E-state index contributed by atoms with van der Waals surface area (Å²) in [6.45, 7) is 2.36. The van der Waals surface area contributed by atoms with Gasteiger partial charge in [-0.2, -0.15) is 0 Å². The van der Waals surface area contributed by atoms with E-state index >= 15 is 0 Å². The Morgan fingerprint density at radius 1 is 1.33 bits per heavy atom. The molecule has 0 aliphatic heterocycles. The number of likely N-dealkylation sites (N-methyl/N-ethyl adjacent to an activating group) is 1. The molecule has 1 N–H and O–H groups in total. The van der Waals surface area contributed by atoms with Crippen molar-refractivity contribution in [3.05, 3.63) is 35.9 Å². The topological polar surface area (TPSA) is 21.3 Å². The van der Waals surface area contributed by atoms with Gasteiger partial charge < -0.3 is 10.1 Å². The van der Waals surface area contributed by atoms with Crippen LogP contribution in [0.5, 0.6) is 0 Å². The number of hydrogen-bond donors (Lipinski definition) is 1. The molecule has 1 aromatic rings. The fourth-order valence-corrected chi connectivity index (χ4v) is 4.01. The number of methoxy groups -OCH3 is 1. The number of ether oxygens (including phenoxy) is 1. The van der Waals surface area contributed by atoms with Crippen molar-refractivity contribution in [3.63, 3.8) is 0 Å². The molecule has 2 heteroatoms. The lowest BCUT2D eigenvalue weighted by atomic mass is 9.73. The zero-order valence-electron chi connectivity index (χ0n) is 13.9. The quantitative estimate of drug-likeness (QED) is 0.812. The van der Waals surface area contributed by atoms with Gasteiger partial charge in [-0.25, -0.2) is 0 Å². The van der Waals surface area contributed by atoms with Gasteiger partial charge in [0.15, 0.2) is 0 Å². The van der Waals surface area contributed by atoms with Gasteiger partial charge in [-0.05, 0) is 50.6 Å². The van der Waals surface area contributed by atoms with Crippen LogP contribution in [0.15, 0.2) is 30.3 Å². The Morgan fingerprint density at radius 3 is 2.71 bits per heavy atom. The molecule has 1 aliphatic rings. The number of hydrogen-bond acceptors (Lipinski definition) is 2. The molecular formula is C19H31NO. The molecule has 0 heterocycles. The molecule has 2 rings (SSSR count). The van der Waals surface area contributed by atoms with Crippen molar-refractivity contribution in [2.24, 2.45) is 5.92 Å². The zero-order valence-corrected chi connectivity index (χ0v) is 13.9. The van der Waals surface area contributed by atoms with E-state index in [1.165, 1.54) is 44.1 Å². The fraction of sp³-hybridized carbons (Fsp3) is 0.684. The minimum atomic E-state index is 0.0447. The highest BCUT2D eigenvalue weighted by Crippen LogP contribution is 2.38. The van der Waals surface area contributed by atoms with Crippen molar-refractivity contribution >= 4 is 0 Å². The van der Waals surface area contributed by atoms with E-state index in [1.54, 1.807) is 0 Å². The molecule has 0 amide bonds. The van der Waals surface area contributed by atoms with Gasteiger partial charge in [-0.15, -0.1) is 0 Å². The maximum Gasteiger partial charge on any atom is 0.0833 e. The van der Waals surface area contributed by atoms with E-state index in [0.29, 0.717) is 6.04 Å². The van der Waals surface area contributed by atoms with Gasteiger partial charge in [0, 0.05) is 13.2 Å². The van der Waals surface area contributed by atoms with Crippen LogP contribution < -0.4 is 5.32 Å². The lowest BCUT2D eigenvalue weighted by Gasteiger charge is -2.44. The van der Waals surface area contributed by atoms with Crippen LogP contribution in [0, 0.1) is 5.92 Å². The summed E-state index contributed by atoms with van der Waals surface area (Å²) in [6.07, 6.45) is 8.61. The standard InChI is InChI=1S/C19H31NO/c1-16-9-8-14-19(15-16,21-3)18(20-2)13-7-12-17-10-5-4-6-11-17/h4-6,10-11,16,18,20H,7-9,12-15H2,1-3H3. The van der Waals surface area contributed by atoms with Crippen LogP contribution in [0.1, 0.15) is 51.0 Å². The lowest BCUT2D eigenvalue weighted by molar-refractivity contribution is -0.0796. The highest BCUT2D eigenvalue weighted by Gasteiger charge is 2.41. The zero-order chi connectivity index (χ0) is 15.1. The summed E-state index contributed by atoms with van der Waals surface area (Å²) < 4.78 is 6.04. The second kappa shape index (κ2) is 7.95. The van der Waals surface area contributed by atoms with Crippen LogP contribution >= 0.6 is 0 Å². The van der Waals surface area contributed by atoms with Gasteiger partial charge in [0.25, 0.3) is 0 Å². The summed E-state index contributed by atoms with van der Waals surface area (Å²) in [7, 11) is 3.99. The first-order valence-electron chi connectivity index (χ1n) is 8.46. The van der Waals surface area contributed by atoms with Crippen molar-refractivity contribution < 1.29 is 4.74 Å². The molecule has 0 spiro atoms. The molecule has 1 aliphatic carbocycles. The lowest BCUT2D eigenvalue weighted by Crippen LogP contribution is -2.53. The van der Waals surface area contributed by atoms with E-state index in [1.807, 2.05) is 7.11 Å². The largest absolute Gasteiger partial charge is 0.377 e. The predicted molar refractivity (Wildman–Crippen MR) is 89.6 cm³/mol. The number of aryl methyl sites for hydroxylation is 1. The Balaban J connectivity index is 1.91. The Labute approximate surface area is 130 Å². The molecule has 3 unspecified atom stereocenters. The van der Waals surface area contributed by atoms with Gasteiger partial charge in [0.1, 0.15) is 0 Å². The Hall–Kier alpha value is -0.860. The van der Waals surface area contributed by atoms with Gasteiger partial charge in [0.05, 0.1) is 5.60 Å². The summed E-state index contributed by atoms with van der Waals surface area (Å²) in [5.41, 5.74) is 1.49. The second-order valence-electron chi connectivity index (χ2n) is 6.69. The van der Waals surface area contributed by atoms with Crippen molar-refractivity contribution in [2.45, 2.75) is 63.5 Å². The molecule has 0 radical (unpaired) electrons. The number of benzene rings is 1. The van der Waals surface area contributed by atoms with Crippen LogP contribution in [0.25, 0.3) is 0 Å². The van der Waals surface area contributed by atoms with Crippen molar-refractivity contribution in [2.75, 3.05) is 14.2 Å². The average molecular weight is 289 g/mol. The van der Waals surface area contributed by atoms with E-state index in [0.717, 1.165) is 12.3 Å². The van der Waals surface area contributed by atoms with Gasteiger partial charge in [-0.3, -0.25) is 0 Å². The second-order valence-corrected chi connectivity index (χ2v) is 6.69. The van der Waals surface area contributed by atoms with Gasteiger partial charge in [0.2, 0.25) is 0 Å². The molecule has 21 heavy (non-hydrogen) atoms. The van der Waals surface area contributed by atoms with Crippen LogP contribution in [0.2, 0.25) is 0 Å². The van der Waals surface area contributed by atoms with E-state index < -0.39 is 0 Å². The van der Waals surface area contributed by atoms with E-state index in [2.05, 4.69) is 49.6 Å². The number of rotatable bonds is 7. The summed E-state index contributed by atoms with van der Waals surface area (Å²) in [4.78, 5) is 0. The van der Waals surface area contributed by atoms with Crippen molar-refractivity contribution in [1.29, 1.82) is 0 Å². The number of nitrogens with one attached hydrogen (secondary N) is 1. The average Bonchev–Trinajstić information content (AvgIpc) is 2.52. The summed E-state index contributed by atoms with van der Waals surface area (Å²) in [5.74, 6) is 0.781. The normalized spacial score (nSPS) is 27.5. The monoisotopic (exact) mass is 289 g/mol. The summed E-state index contributed by atoms with van der Waals surface area (Å²) >= 11 is 0. The van der Waals surface area contributed by atoms with E-state index in [-0.39, 0.29) is 5.60 Å². The highest BCUT2D eigenvalue weighted by molar-refractivity contribution is 5.14. The van der Waals surface area contributed by atoms with E-state index in [9.17, 15) is 0 Å².